The van der Waals surface area contributed by atoms with Crippen LogP contribution in [0.5, 0.6) is 0 Å². The number of hydrogen-bond donors (Lipinski definition) is 3. The van der Waals surface area contributed by atoms with Gasteiger partial charge in [0.25, 0.3) is 5.91 Å². The van der Waals surface area contributed by atoms with Crippen molar-refractivity contribution in [2.45, 2.75) is 49.9 Å². The molecule has 3 N–H and O–H groups in total. The average Bonchev–Trinajstić information content (AvgIpc) is 3.22. The van der Waals surface area contributed by atoms with Crippen LogP contribution in [0, 0.1) is 5.82 Å². The van der Waals surface area contributed by atoms with Crippen LogP contribution >= 0.6 is 0 Å². The van der Waals surface area contributed by atoms with Gasteiger partial charge >= 0.3 is 13.4 Å². The van der Waals surface area contributed by atoms with Crippen LogP contribution in [0.15, 0.2) is 36.7 Å². The lowest BCUT2D eigenvalue weighted by Crippen LogP contribution is -2.50. The molecule has 2 aliphatic rings. The van der Waals surface area contributed by atoms with Gasteiger partial charge in [0, 0.05) is 12.5 Å². The minimum Gasteiger partial charge on any atom is -0.447 e. The fraction of sp³-hybridized carbons (Fsp3) is 0.474. The van der Waals surface area contributed by atoms with Crippen LogP contribution in [0.1, 0.15) is 31.2 Å². The van der Waals surface area contributed by atoms with Gasteiger partial charge in [0.2, 0.25) is 0 Å². The van der Waals surface area contributed by atoms with Crippen molar-refractivity contribution in [1.82, 2.24) is 10.2 Å². The van der Waals surface area contributed by atoms with Gasteiger partial charge in [-0.05, 0) is 43.4 Å². The molecule has 3 rings (SSSR count). The number of fused-ring (bicyclic) bond motifs is 2. The monoisotopic (exact) mass is 424 g/mol. The molecule has 0 radical (unpaired) electrons. The van der Waals surface area contributed by atoms with Crippen molar-refractivity contribution in [1.29, 1.82) is 0 Å². The van der Waals surface area contributed by atoms with Crippen molar-refractivity contribution >= 4 is 19.3 Å². The Labute approximate surface area is 172 Å². The standard InChI is InChI=1S/C19H23BF2N2O6/c1-12(21)17(25)24-15-6-8-19(24,9-7-15)11-29-18(26)23-16(30-20(27)28)10-13-2-4-14(22)5-3-13/h2-5,15-16,27-28H,1,6-11H2,(H,23,26)/t15?,16-,19?/m1/s1. The van der Waals surface area contributed by atoms with E-state index in [0.717, 1.165) is 0 Å². The summed E-state index contributed by atoms with van der Waals surface area (Å²) in [6.45, 7) is 2.93. The second kappa shape index (κ2) is 9.11. The normalized spacial score (nSPS) is 23.2. The summed E-state index contributed by atoms with van der Waals surface area (Å²) in [6, 6.07) is 5.27. The van der Waals surface area contributed by atoms with Crippen molar-refractivity contribution in [3.05, 3.63) is 48.1 Å². The molecule has 8 nitrogen and oxygen atoms in total. The highest BCUT2D eigenvalue weighted by Crippen LogP contribution is 2.47. The summed E-state index contributed by atoms with van der Waals surface area (Å²) in [4.78, 5) is 25.9. The van der Waals surface area contributed by atoms with Crippen molar-refractivity contribution in [3.63, 3.8) is 0 Å². The van der Waals surface area contributed by atoms with E-state index in [-0.39, 0.29) is 19.1 Å². The lowest BCUT2D eigenvalue weighted by atomic mass is 9.88. The molecule has 2 aliphatic heterocycles. The Balaban J connectivity index is 1.60. The fourth-order valence-corrected chi connectivity index (χ4v) is 4.24. The maximum Gasteiger partial charge on any atom is 0.635 e. The predicted molar refractivity (Wildman–Crippen MR) is 102 cm³/mol. The number of rotatable bonds is 8. The van der Waals surface area contributed by atoms with Crippen molar-refractivity contribution in [2.75, 3.05) is 6.61 Å². The quantitative estimate of drug-likeness (QED) is 0.331. The summed E-state index contributed by atoms with van der Waals surface area (Å²) < 4.78 is 36.6. The number of benzene rings is 1. The Morgan fingerprint density at radius 3 is 2.50 bits per heavy atom. The Morgan fingerprint density at radius 2 is 1.93 bits per heavy atom. The van der Waals surface area contributed by atoms with E-state index >= 15 is 0 Å². The van der Waals surface area contributed by atoms with Crippen LogP contribution in [0.25, 0.3) is 0 Å². The first kappa shape index (κ1) is 22.2. The largest absolute Gasteiger partial charge is 0.635 e. The highest BCUT2D eigenvalue weighted by Gasteiger charge is 2.55. The molecular formula is C19H23BF2N2O6. The predicted octanol–water partition coefficient (Wildman–Crippen LogP) is 1.41. The maximum atomic E-state index is 13.4. The number of nitrogens with zero attached hydrogens (tertiary/aromatic N) is 1. The Bertz CT molecular complexity index is 799. The molecule has 0 spiro atoms. The Hall–Kier alpha value is -2.50. The van der Waals surface area contributed by atoms with E-state index in [2.05, 4.69) is 11.9 Å². The molecule has 2 fully saturated rings. The number of halogens is 2. The summed E-state index contributed by atoms with van der Waals surface area (Å²) in [5.74, 6) is -2.28. The van der Waals surface area contributed by atoms with Crippen molar-refractivity contribution in [2.24, 2.45) is 0 Å². The Morgan fingerprint density at radius 1 is 1.30 bits per heavy atom. The Kier molecular flexibility index (Phi) is 6.74. The number of alkyl carbamates (subject to hydrolysis) is 1. The lowest BCUT2D eigenvalue weighted by molar-refractivity contribution is -0.134. The molecule has 2 heterocycles. The summed E-state index contributed by atoms with van der Waals surface area (Å²) in [7, 11) is -2.15. The van der Waals surface area contributed by atoms with E-state index in [0.29, 0.717) is 31.2 Å². The molecular weight excluding hydrogens is 401 g/mol. The second-order valence-electron chi connectivity index (χ2n) is 7.54. The highest BCUT2D eigenvalue weighted by molar-refractivity contribution is 6.32. The zero-order valence-corrected chi connectivity index (χ0v) is 16.2. The molecule has 11 heteroatoms. The minimum absolute atomic E-state index is 0.0203. The molecule has 0 aliphatic carbocycles. The number of nitrogens with one attached hydrogen (secondary N) is 1. The van der Waals surface area contributed by atoms with Gasteiger partial charge in [0.15, 0.2) is 5.83 Å². The number of ether oxygens (including phenoxy) is 1. The third-order valence-electron chi connectivity index (χ3n) is 5.58. The molecule has 2 saturated heterocycles. The minimum atomic E-state index is -2.15. The van der Waals surface area contributed by atoms with Crippen LogP contribution in [-0.2, 0) is 20.6 Å². The topological polar surface area (TPSA) is 108 Å². The average molecular weight is 424 g/mol. The molecule has 1 aromatic carbocycles. The first-order chi connectivity index (χ1) is 14.2. The highest BCUT2D eigenvalue weighted by atomic mass is 19.1. The van der Waals surface area contributed by atoms with E-state index in [9.17, 15) is 18.4 Å². The van der Waals surface area contributed by atoms with E-state index in [1.54, 1.807) is 0 Å². The first-order valence-corrected chi connectivity index (χ1v) is 9.57. The van der Waals surface area contributed by atoms with E-state index in [4.69, 9.17) is 19.4 Å². The van der Waals surface area contributed by atoms with E-state index in [1.165, 1.54) is 29.2 Å². The van der Waals surface area contributed by atoms with Gasteiger partial charge in [-0.3, -0.25) is 10.1 Å². The van der Waals surface area contributed by atoms with E-state index in [1.807, 2.05) is 0 Å². The van der Waals surface area contributed by atoms with Crippen LogP contribution in [0.2, 0.25) is 0 Å². The fourth-order valence-electron chi connectivity index (χ4n) is 4.24. The molecule has 0 aromatic heterocycles. The van der Waals surface area contributed by atoms with Crippen LogP contribution in [-0.4, -0.2) is 58.7 Å². The SMILES string of the molecule is C=C(F)C(=O)N1C2CCC1(COC(=O)N[C@@H](Cc1ccc(F)cc1)OB(O)O)CC2. The summed E-state index contributed by atoms with van der Waals surface area (Å²) >= 11 is 0. The third kappa shape index (κ3) is 4.97. The number of carbonyl (C=O) groups excluding carboxylic acids is 2. The van der Waals surface area contributed by atoms with Crippen LogP contribution in [0.3, 0.4) is 0 Å². The van der Waals surface area contributed by atoms with Crippen molar-refractivity contribution in [3.8, 4) is 0 Å². The van der Waals surface area contributed by atoms with Crippen LogP contribution < -0.4 is 5.32 Å². The van der Waals surface area contributed by atoms with Gasteiger partial charge in [-0.2, -0.15) is 0 Å². The molecule has 1 aromatic rings. The maximum absolute atomic E-state index is 13.4. The molecule has 2 amide bonds. The third-order valence-corrected chi connectivity index (χ3v) is 5.58. The number of carbonyl (C=O) groups is 2. The van der Waals surface area contributed by atoms with Gasteiger partial charge in [0.05, 0.1) is 5.54 Å². The molecule has 1 atom stereocenters. The number of hydrogen-bond acceptors (Lipinski definition) is 6. The number of amides is 2. The lowest BCUT2D eigenvalue weighted by Gasteiger charge is -2.34. The van der Waals surface area contributed by atoms with Gasteiger partial charge in [-0.1, -0.05) is 18.7 Å². The molecule has 2 bridgehead atoms. The summed E-state index contributed by atoms with van der Waals surface area (Å²) in [6.07, 6.45) is 0.493. The second-order valence-corrected chi connectivity index (χ2v) is 7.54. The molecule has 30 heavy (non-hydrogen) atoms. The van der Waals surface area contributed by atoms with Gasteiger partial charge in [0.1, 0.15) is 18.7 Å². The first-order valence-electron chi connectivity index (χ1n) is 9.57. The van der Waals surface area contributed by atoms with Gasteiger partial charge in [-0.25, -0.2) is 13.6 Å². The smallest absolute Gasteiger partial charge is 0.447 e. The van der Waals surface area contributed by atoms with E-state index < -0.39 is 42.7 Å². The van der Waals surface area contributed by atoms with Gasteiger partial charge < -0.3 is 24.3 Å². The summed E-state index contributed by atoms with van der Waals surface area (Å²) in [5, 5.41) is 20.5. The molecule has 0 saturated carbocycles. The van der Waals surface area contributed by atoms with Gasteiger partial charge in [-0.15, -0.1) is 0 Å². The zero-order chi connectivity index (χ0) is 21.9. The summed E-state index contributed by atoms with van der Waals surface area (Å²) in [5.41, 5.74) is -0.202. The van der Waals surface area contributed by atoms with Crippen LogP contribution in [0.4, 0.5) is 13.6 Å². The molecule has 0 unspecified atom stereocenters. The zero-order valence-electron chi connectivity index (χ0n) is 16.2. The van der Waals surface area contributed by atoms with Crippen molar-refractivity contribution < 1.29 is 37.8 Å². The molecule has 162 valence electrons.